The number of rotatable bonds is 2. The minimum absolute atomic E-state index is 0.0200. The first-order valence-corrected chi connectivity index (χ1v) is 7.91. The molecule has 4 rings (SSSR count). The summed E-state index contributed by atoms with van der Waals surface area (Å²) in [7, 11) is 0. The van der Waals surface area contributed by atoms with Crippen molar-refractivity contribution in [2.45, 2.75) is 18.9 Å². The predicted octanol–water partition coefficient (Wildman–Crippen LogP) is 2.74. The van der Waals surface area contributed by atoms with Crippen molar-refractivity contribution in [3.8, 4) is 0 Å². The highest BCUT2D eigenvalue weighted by Gasteiger charge is 2.33. The number of fused-ring (bicyclic) bond motifs is 1. The van der Waals surface area contributed by atoms with Crippen molar-refractivity contribution in [1.29, 1.82) is 0 Å². The van der Waals surface area contributed by atoms with Crippen LogP contribution in [-0.2, 0) is 0 Å². The van der Waals surface area contributed by atoms with E-state index in [9.17, 15) is 4.79 Å². The molecule has 0 spiro atoms. The second kappa shape index (κ2) is 5.04. The Hall–Kier alpha value is -1.52. The van der Waals surface area contributed by atoms with Gasteiger partial charge in [-0.05, 0) is 18.9 Å². The monoisotopic (exact) mass is 303 g/mol. The van der Waals surface area contributed by atoms with Crippen molar-refractivity contribution in [3.63, 3.8) is 0 Å². The fourth-order valence-electron chi connectivity index (χ4n) is 3.14. The molecule has 0 bridgehead atoms. The molecule has 1 aliphatic heterocycles. The van der Waals surface area contributed by atoms with Crippen molar-refractivity contribution < 1.29 is 4.79 Å². The third kappa shape index (κ3) is 2.32. The lowest BCUT2D eigenvalue weighted by Gasteiger charge is -2.34. The molecule has 1 saturated heterocycles. The average molecular weight is 304 g/mol. The van der Waals surface area contributed by atoms with Crippen molar-refractivity contribution in [2.24, 2.45) is 0 Å². The first-order valence-electron chi connectivity index (χ1n) is 7.53. The van der Waals surface area contributed by atoms with Gasteiger partial charge in [0.05, 0.1) is 5.02 Å². The van der Waals surface area contributed by atoms with Crippen LogP contribution in [0.25, 0.3) is 10.9 Å². The number of hydrogen-bond donors (Lipinski definition) is 1. The topological polar surface area (TPSA) is 39.3 Å². The Morgan fingerprint density at radius 2 is 1.86 bits per heavy atom. The molecule has 1 aromatic heterocycles. The summed E-state index contributed by atoms with van der Waals surface area (Å²) in [6, 6.07) is 8.54. The Balaban J connectivity index is 1.54. The molecule has 1 aromatic carbocycles. The van der Waals surface area contributed by atoms with Gasteiger partial charge in [0, 0.05) is 43.1 Å². The molecule has 0 atom stereocenters. The first-order chi connectivity index (χ1) is 10.2. The number of carbonyl (C=O) groups excluding carboxylic acids is 1. The van der Waals surface area contributed by atoms with Gasteiger partial charge in [-0.1, -0.05) is 29.8 Å². The molecule has 1 amide bonds. The molecule has 4 nitrogen and oxygen atoms in total. The predicted molar refractivity (Wildman–Crippen MR) is 83.8 cm³/mol. The molecule has 1 saturated carbocycles. The Labute approximate surface area is 128 Å². The highest BCUT2D eigenvalue weighted by Crippen LogP contribution is 2.30. The lowest BCUT2D eigenvalue weighted by molar-refractivity contribution is 0.0622. The summed E-state index contributed by atoms with van der Waals surface area (Å²) in [5, 5.41) is 1.46. The maximum atomic E-state index is 12.7. The molecule has 2 heterocycles. The average Bonchev–Trinajstić information content (AvgIpc) is 3.32. The maximum Gasteiger partial charge on any atom is 0.271 e. The summed E-state index contributed by atoms with van der Waals surface area (Å²) in [4.78, 5) is 20.3. The normalized spacial score (nSPS) is 20.1. The summed E-state index contributed by atoms with van der Waals surface area (Å²) < 4.78 is 0. The highest BCUT2D eigenvalue weighted by atomic mass is 35.5. The van der Waals surface area contributed by atoms with E-state index >= 15 is 0 Å². The molecular formula is C16H18ClN3O. The number of aromatic nitrogens is 1. The number of amides is 1. The van der Waals surface area contributed by atoms with Crippen LogP contribution in [0.5, 0.6) is 0 Å². The van der Waals surface area contributed by atoms with E-state index in [0.29, 0.717) is 10.7 Å². The number of H-pyrrole nitrogens is 1. The first kappa shape index (κ1) is 13.2. The fourth-order valence-corrected chi connectivity index (χ4v) is 3.44. The number of nitrogens with zero attached hydrogens (tertiary/aromatic N) is 2. The molecule has 5 heteroatoms. The summed E-state index contributed by atoms with van der Waals surface area (Å²) in [6.45, 7) is 3.55. The molecule has 1 aliphatic carbocycles. The Kier molecular flexibility index (Phi) is 3.16. The van der Waals surface area contributed by atoms with Gasteiger partial charge in [0.15, 0.2) is 0 Å². The van der Waals surface area contributed by atoms with Crippen LogP contribution >= 0.6 is 11.6 Å². The standard InChI is InChI=1S/C16H18ClN3O/c17-14-12-3-1-2-4-13(12)18-15(14)16(21)20-9-7-19(8-10-20)11-5-6-11/h1-4,11,18H,5-10H2. The molecular weight excluding hydrogens is 286 g/mol. The number of benzene rings is 1. The molecule has 2 aromatic rings. The molecule has 110 valence electrons. The summed E-state index contributed by atoms with van der Waals surface area (Å²) in [6.07, 6.45) is 2.64. The van der Waals surface area contributed by atoms with E-state index in [-0.39, 0.29) is 5.91 Å². The minimum atomic E-state index is 0.0200. The number of halogens is 1. The van der Waals surface area contributed by atoms with Crippen LogP contribution in [0.15, 0.2) is 24.3 Å². The van der Waals surface area contributed by atoms with E-state index in [1.54, 1.807) is 0 Å². The van der Waals surface area contributed by atoms with Crippen LogP contribution in [0.1, 0.15) is 23.3 Å². The number of aromatic amines is 1. The van der Waals surface area contributed by atoms with Crippen molar-refractivity contribution in [3.05, 3.63) is 35.0 Å². The van der Waals surface area contributed by atoms with Gasteiger partial charge in [-0.3, -0.25) is 9.69 Å². The largest absolute Gasteiger partial charge is 0.349 e. The van der Waals surface area contributed by atoms with Crippen molar-refractivity contribution >= 4 is 28.4 Å². The smallest absolute Gasteiger partial charge is 0.271 e. The van der Waals surface area contributed by atoms with E-state index in [1.165, 1.54) is 12.8 Å². The Morgan fingerprint density at radius 1 is 1.14 bits per heavy atom. The van der Waals surface area contributed by atoms with Gasteiger partial charge < -0.3 is 9.88 Å². The molecule has 0 radical (unpaired) electrons. The quantitative estimate of drug-likeness (QED) is 0.926. The number of hydrogen-bond acceptors (Lipinski definition) is 2. The fraction of sp³-hybridized carbons (Fsp3) is 0.438. The summed E-state index contributed by atoms with van der Waals surface area (Å²) >= 11 is 6.37. The van der Waals surface area contributed by atoms with Crippen LogP contribution in [0.2, 0.25) is 5.02 Å². The van der Waals surface area contributed by atoms with E-state index in [0.717, 1.165) is 43.1 Å². The maximum absolute atomic E-state index is 12.7. The number of para-hydroxylation sites is 1. The lowest BCUT2D eigenvalue weighted by atomic mass is 10.2. The van der Waals surface area contributed by atoms with E-state index in [2.05, 4.69) is 9.88 Å². The van der Waals surface area contributed by atoms with Gasteiger partial charge in [-0.15, -0.1) is 0 Å². The van der Waals surface area contributed by atoms with Crippen LogP contribution in [0.3, 0.4) is 0 Å². The second-order valence-electron chi connectivity index (χ2n) is 5.92. The highest BCUT2D eigenvalue weighted by molar-refractivity contribution is 6.38. The zero-order valence-electron chi connectivity index (χ0n) is 11.8. The van der Waals surface area contributed by atoms with Crippen molar-refractivity contribution in [2.75, 3.05) is 26.2 Å². The van der Waals surface area contributed by atoms with Crippen LogP contribution in [-0.4, -0.2) is 52.9 Å². The van der Waals surface area contributed by atoms with Crippen LogP contribution in [0, 0.1) is 0 Å². The van der Waals surface area contributed by atoms with E-state index in [1.807, 2.05) is 29.2 Å². The van der Waals surface area contributed by atoms with Crippen molar-refractivity contribution in [1.82, 2.24) is 14.8 Å². The minimum Gasteiger partial charge on any atom is -0.349 e. The summed E-state index contributed by atoms with van der Waals surface area (Å²) in [5.41, 5.74) is 1.44. The lowest BCUT2D eigenvalue weighted by Crippen LogP contribution is -2.49. The zero-order valence-corrected chi connectivity index (χ0v) is 12.6. The molecule has 0 unspecified atom stereocenters. The molecule has 1 N–H and O–H groups in total. The van der Waals surface area contributed by atoms with Crippen LogP contribution < -0.4 is 0 Å². The molecule has 2 fully saturated rings. The van der Waals surface area contributed by atoms with Gasteiger partial charge in [-0.2, -0.15) is 0 Å². The molecule has 21 heavy (non-hydrogen) atoms. The van der Waals surface area contributed by atoms with Gasteiger partial charge in [0.1, 0.15) is 5.69 Å². The van der Waals surface area contributed by atoms with Gasteiger partial charge >= 0.3 is 0 Å². The Bertz CT molecular complexity index is 684. The third-order valence-corrected chi connectivity index (χ3v) is 4.91. The number of carbonyl (C=O) groups is 1. The second-order valence-corrected chi connectivity index (χ2v) is 6.30. The molecule has 2 aliphatic rings. The van der Waals surface area contributed by atoms with Gasteiger partial charge in [0.2, 0.25) is 0 Å². The van der Waals surface area contributed by atoms with Gasteiger partial charge in [-0.25, -0.2) is 0 Å². The SMILES string of the molecule is O=C(c1[nH]c2ccccc2c1Cl)N1CCN(C2CC2)CC1. The number of nitrogens with one attached hydrogen (secondary N) is 1. The zero-order chi connectivity index (χ0) is 14.4. The van der Waals surface area contributed by atoms with E-state index in [4.69, 9.17) is 11.6 Å². The Morgan fingerprint density at radius 3 is 2.52 bits per heavy atom. The third-order valence-electron chi connectivity index (χ3n) is 4.52. The van der Waals surface area contributed by atoms with E-state index < -0.39 is 0 Å². The van der Waals surface area contributed by atoms with Gasteiger partial charge in [0.25, 0.3) is 5.91 Å². The number of piperazine rings is 1. The summed E-state index contributed by atoms with van der Waals surface area (Å²) in [5.74, 6) is 0.0200. The van der Waals surface area contributed by atoms with Crippen LogP contribution in [0.4, 0.5) is 0 Å².